The van der Waals surface area contributed by atoms with Crippen molar-refractivity contribution in [2.45, 2.75) is 105 Å². The lowest BCUT2D eigenvalue weighted by Gasteiger charge is -2.14. The van der Waals surface area contributed by atoms with Crippen LogP contribution in [0.25, 0.3) is 111 Å². The Morgan fingerprint density at radius 2 is 0.600 bits per heavy atom. The van der Waals surface area contributed by atoms with Gasteiger partial charge in [0.25, 0.3) is 22.2 Å². The third-order valence-electron chi connectivity index (χ3n) is 24.4. The Balaban J connectivity index is 0.000000118. The maximum absolute atomic E-state index is 14.3. The van der Waals surface area contributed by atoms with Gasteiger partial charge in [0.2, 0.25) is 0 Å². The molecule has 638 valence electrons. The molecular formula is C101H103ClF2N16O5. The summed E-state index contributed by atoms with van der Waals surface area (Å²) in [4.78, 5) is 61.3. The van der Waals surface area contributed by atoms with Crippen LogP contribution in [0.5, 0.6) is 5.75 Å². The summed E-state index contributed by atoms with van der Waals surface area (Å²) in [5.74, 6) is 0.193. The van der Waals surface area contributed by atoms with E-state index in [0.29, 0.717) is 33.9 Å². The highest BCUT2D eigenvalue weighted by atomic mass is 35.5. The molecule has 12 heterocycles. The quantitative estimate of drug-likeness (QED) is 0.0626. The van der Waals surface area contributed by atoms with Gasteiger partial charge in [0.05, 0.1) is 79.6 Å². The van der Waals surface area contributed by atoms with E-state index in [1.807, 2.05) is 202 Å². The summed E-state index contributed by atoms with van der Waals surface area (Å²) in [6.45, 7) is 25.3. The number of aryl methyl sites for hydroxylation is 3. The van der Waals surface area contributed by atoms with E-state index in [1.165, 1.54) is 128 Å². The predicted molar refractivity (Wildman–Crippen MR) is 496 cm³/mol. The maximum atomic E-state index is 14.3. The van der Waals surface area contributed by atoms with Crippen LogP contribution >= 0.6 is 11.6 Å². The molecule has 16 aromatic rings. The highest BCUT2D eigenvalue weighted by Gasteiger charge is 2.21. The molecule has 0 N–H and O–H groups in total. The van der Waals surface area contributed by atoms with Crippen molar-refractivity contribution in [3.63, 3.8) is 0 Å². The van der Waals surface area contributed by atoms with Crippen molar-refractivity contribution in [2.24, 2.45) is 0 Å². The van der Waals surface area contributed by atoms with Crippen LogP contribution in [0.2, 0.25) is 5.02 Å². The number of ether oxygens (including phenoxy) is 1. The molecule has 4 aliphatic rings. The monoisotopic (exact) mass is 1690 g/mol. The molecule has 4 fully saturated rings. The minimum Gasteiger partial charge on any atom is -0.494 e. The summed E-state index contributed by atoms with van der Waals surface area (Å²) < 4.78 is 48.8. The Morgan fingerprint density at radius 3 is 0.896 bits per heavy atom. The van der Waals surface area contributed by atoms with Gasteiger partial charge in [-0.25, -0.2) is 8.78 Å². The molecule has 0 radical (unpaired) electrons. The van der Waals surface area contributed by atoms with Crippen molar-refractivity contribution in [2.75, 3.05) is 85.1 Å². The van der Waals surface area contributed by atoms with E-state index in [9.17, 15) is 28.0 Å². The van der Waals surface area contributed by atoms with Crippen LogP contribution in [-0.2, 0) is 26.2 Å². The van der Waals surface area contributed by atoms with Gasteiger partial charge in [0, 0.05) is 141 Å². The van der Waals surface area contributed by atoms with E-state index in [0.717, 1.165) is 163 Å². The van der Waals surface area contributed by atoms with Gasteiger partial charge in [-0.15, -0.1) is 0 Å². The minimum absolute atomic E-state index is 0.0582. The standard InChI is InChI=1S/C26H28N4O2.C25H25ClN4O.2C25H25FN4O/c1-2-32-24-8-5-20(6-9-24)21-11-14-29(26(31)18-21)23-7-10-25-22(17-23)19-27-30(25)16-15-28-12-3-4-13-28;3*1-18-4-6-22(23(26)14-18)19-8-11-29(25(31)16-19)21-5-7-24-20(15-21)17-27-30(24)13-12-28-9-2-3-10-28/h5-11,14,17-19H,2-4,12-13,15-16H2,1H3;3*4-8,11,14-17H,2-3,9-10,12-13H2,1H3. The SMILES string of the molecule is CCOc1ccc(-c2ccn(-c3ccc4c(cnn4CCN4CCCC4)c3)c(=O)c2)cc1.Cc1ccc(-c2ccn(-c3ccc4c(cnn4CCN4CCCC4)c3)c(=O)c2)c(Cl)c1.Cc1ccc(-c2ccn(-c3ccc4c(cnn4CCN4CCCC4)c3)c(=O)c2)c(F)c1.Cc1ccc(-c2ccn(-c3ccc4c(cnn4CCN4CCCC4)c3)c(=O)c2)c(F)c1. The molecule has 0 saturated carbocycles. The molecule has 125 heavy (non-hydrogen) atoms. The number of rotatable bonds is 22. The number of likely N-dealkylation sites (tertiary alicyclic amines) is 4. The second-order valence-corrected chi connectivity index (χ2v) is 33.4. The topological polar surface area (TPSA) is 181 Å². The average molecular weight is 1690 g/mol. The molecule has 0 spiro atoms. The Bertz CT molecular complexity index is 6310. The van der Waals surface area contributed by atoms with Crippen LogP contribution < -0.4 is 27.0 Å². The van der Waals surface area contributed by atoms with E-state index >= 15 is 0 Å². The first-order valence-corrected chi connectivity index (χ1v) is 44.0. The minimum atomic E-state index is -0.320. The van der Waals surface area contributed by atoms with Crippen molar-refractivity contribution < 1.29 is 13.5 Å². The van der Waals surface area contributed by atoms with Crippen LogP contribution in [0.15, 0.2) is 269 Å². The van der Waals surface area contributed by atoms with Crippen LogP contribution in [0.1, 0.15) is 75.0 Å². The average Bonchev–Trinajstić information content (AvgIpc) is 1.78. The second kappa shape index (κ2) is 38.6. The molecule has 0 unspecified atom stereocenters. The summed E-state index contributed by atoms with van der Waals surface area (Å²) in [6.07, 6.45) is 24.9. The Labute approximate surface area is 729 Å². The van der Waals surface area contributed by atoms with Crippen molar-refractivity contribution in [1.29, 1.82) is 0 Å². The zero-order valence-corrected chi connectivity index (χ0v) is 71.9. The lowest BCUT2D eigenvalue weighted by molar-refractivity contribution is 0.318. The molecule has 0 bridgehead atoms. The van der Waals surface area contributed by atoms with Gasteiger partial charge in [0.1, 0.15) is 17.4 Å². The first-order valence-electron chi connectivity index (χ1n) is 43.6. The van der Waals surface area contributed by atoms with Crippen LogP contribution in [0.4, 0.5) is 8.78 Å². The fraction of sp³-hybridized carbons (Fsp3) is 0.287. The van der Waals surface area contributed by atoms with Crippen molar-refractivity contribution in [3.8, 4) is 73.0 Å². The third kappa shape index (κ3) is 19.7. The van der Waals surface area contributed by atoms with Crippen molar-refractivity contribution >= 4 is 55.2 Å². The number of fused-ring (bicyclic) bond motifs is 4. The normalized spacial score (nSPS) is 14.5. The van der Waals surface area contributed by atoms with Gasteiger partial charge in [-0.3, -0.25) is 56.2 Å². The fourth-order valence-corrected chi connectivity index (χ4v) is 17.8. The van der Waals surface area contributed by atoms with Gasteiger partial charge < -0.3 is 24.3 Å². The zero-order valence-electron chi connectivity index (χ0n) is 71.2. The van der Waals surface area contributed by atoms with E-state index in [-0.39, 0.29) is 33.9 Å². The molecule has 8 aromatic heterocycles. The number of nitrogens with zero attached hydrogens (tertiary/aromatic N) is 16. The number of halogens is 3. The maximum Gasteiger partial charge on any atom is 0.255 e. The molecule has 20 rings (SSSR count). The molecular weight excluding hydrogens is 1590 g/mol. The van der Waals surface area contributed by atoms with Crippen molar-refractivity contribution in [1.82, 2.24) is 77.0 Å². The smallest absolute Gasteiger partial charge is 0.255 e. The van der Waals surface area contributed by atoms with Gasteiger partial charge >= 0.3 is 0 Å². The molecule has 0 atom stereocenters. The van der Waals surface area contributed by atoms with Crippen LogP contribution in [-0.4, -0.2) is 162 Å². The lowest BCUT2D eigenvalue weighted by Crippen LogP contribution is -2.24. The number of hydrogen-bond acceptors (Lipinski definition) is 13. The molecule has 0 aliphatic carbocycles. The Hall–Kier alpha value is -12.8. The third-order valence-corrected chi connectivity index (χ3v) is 24.7. The number of benzene rings is 8. The number of aromatic nitrogens is 12. The summed E-state index contributed by atoms with van der Waals surface area (Å²) in [5.41, 5.74) is 15.4. The van der Waals surface area contributed by atoms with Gasteiger partial charge in [0.15, 0.2) is 0 Å². The number of pyridine rings is 4. The zero-order chi connectivity index (χ0) is 86.0. The Kier molecular flexibility index (Phi) is 26.0. The summed E-state index contributed by atoms with van der Waals surface area (Å²) in [7, 11) is 0. The van der Waals surface area contributed by atoms with E-state index in [4.69, 9.17) is 16.3 Å². The van der Waals surface area contributed by atoms with Gasteiger partial charge in [-0.1, -0.05) is 60.1 Å². The second-order valence-electron chi connectivity index (χ2n) is 33.0. The van der Waals surface area contributed by atoms with E-state index in [2.05, 4.69) is 61.5 Å². The molecule has 21 nitrogen and oxygen atoms in total. The van der Waals surface area contributed by atoms with Gasteiger partial charge in [-0.2, -0.15) is 20.4 Å². The van der Waals surface area contributed by atoms with Crippen LogP contribution in [0.3, 0.4) is 0 Å². The van der Waals surface area contributed by atoms with Gasteiger partial charge in [-0.05, 0) is 303 Å². The molecule has 0 amide bonds. The first-order chi connectivity index (χ1) is 60.9. The predicted octanol–water partition coefficient (Wildman–Crippen LogP) is 18.1. The first kappa shape index (κ1) is 84.4. The molecule has 4 aliphatic heterocycles. The van der Waals surface area contributed by atoms with E-state index in [1.54, 1.807) is 67.1 Å². The molecule has 4 saturated heterocycles. The highest BCUT2D eigenvalue weighted by molar-refractivity contribution is 6.33. The lowest BCUT2D eigenvalue weighted by atomic mass is 10.0. The van der Waals surface area contributed by atoms with E-state index < -0.39 is 0 Å². The largest absolute Gasteiger partial charge is 0.494 e. The summed E-state index contributed by atoms with van der Waals surface area (Å²) in [5, 5.41) is 23.0. The molecule has 8 aromatic carbocycles. The Morgan fingerprint density at radius 1 is 0.312 bits per heavy atom. The summed E-state index contributed by atoms with van der Waals surface area (Å²) in [6, 6.07) is 61.5. The fourth-order valence-electron chi connectivity index (χ4n) is 17.5. The van der Waals surface area contributed by atoms with Crippen molar-refractivity contribution in [3.05, 3.63) is 325 Å². The summed E-state index contributed by atoms with van der Waals surface area (Å²) >= 11 is 6.39. The van der Waals surface area contributed by atoms with Crippen LogP contribution in [0, 0.1) is 32.4 Å². The highest BCUT2D eigenvalue weighted by Crippen LogP contribution is 2.32. The number of hydrogen-bond donors (Lipinski definition) is 0. The molecule has 24 heteroatoms.